The van der Waals surface area contributed by atoms with E-state index in [-0.39, 0.29) is 0 Å². The molecule has 0 bridgehead atoms. The molecule has 0 aliphatic heterocycles. The molecule has 0 fully saturated rings. The molecular formula is C22H20N4OS. The molecule has 0 unspecified atom stereocenters. The zero-order chi connectivity index (χ0) is 19.9. The third-order valence-corrected chi connectivity index (χ3v) is 4.96. The van der Waals surface area contributed by atoms with Crippen molar-refractivity contribution in [1.29, 1.82) is 5.26 Å². The molecule has 0 aliphatic rings. The Bertz CT molecular complexity index is 1100. The molecule has 0 amide bonds. The Morgan fingerprint density at radius 2 is 1.93 bits per heavy atom. The number of benzene rings is 2. The summed E-state index contributed by atoms with van der Waals surface area (Å²) in [5.41, 5.74) is 4.38. The van der Waals surface area contributed by atoms with Gasteiger partial charge in [0, 0.05) is 10.9 Å². The molecule has 2 aromatic carbocycles. The molecule has 5 nitrogen and oxygen atoms in total. The van der Waals surface area contributed by atoms with Crippen LogP contribution in [0.25, 0.3) is 11.3 Å². The summed E-state index contributed by atoms with van der Waals surface area (Å²) in [7, 11) is 1.65. The van der Waals surface area contributed by atoms with E-state index in [1.165, 1.54) is 11.3 Å². The summed E-state index contributed by atoms with van der Waals surface area (Å²) in [5.74, 6) is 0.805. The van der Waals surface area contributed by atoms with Crippen molar-refractivity contribution in [2.75, 3.05) is 13.7 Å². The molecule has 1 heterocycles. The lowest BCUT2D eigenvalue weighted by molar-refractivity contribution is 0.415. The van der Waals surface area contributed by atoms with Crippen molar-refractivity contribution >= 4 is 17.0 Å². The van der Waals surface area contributed by atoms with Crippen molar-refractivity contribution in [2.45, 2.75) is 6.92 Å². The standard InChI is InChI=1S/C22H20N4OS/c1-4-13-24-22-26(25-16(2)18-7-5-17(14-23)6-8-18)21(15-28-22)19-9-11-20(27-3)12-10-19/h4-12,15H,1,13H2,2-3H3. The number of methoxy groups -OCH3 is 1. The van der Waals surface area contributed by atoms with E-state index in [1.54, 1.807) is 25.3 Å². The van der Waals surface area contributed by atoms with Gasteiger partial charge in [0.25, 0.3) is 0 Å². The van der Waals surface area contributed by atoms with E-state index in [2.05, 4.69) is 17.6 Å². The molecule has 0 atom stereocenters. The fourth-order valence-corrected chi connectivity index (χ4v) is 3.44. The largest absolute Gasteiger partial charge is 0.497 e. The van der Waals surface area contributed by atoms with E-state index < -0.39 is 0 Å². The Labute approximate surface area is 168 Å². The summed E-state index contributed by atoms with van der Waals surface area (Å²) >= 11 is 1.53. The second-order valence-electron chi connectivity index (χ2n) is 5.95. The normalized spacial score (nSPS) is 11.9. The van der Waals surface area contributed by atoms with E-state index in [4.69, 9.17) is 15.1 Å². The third-order valence-electron chi connectivity index (χ3n) is 4.11. The Morgan fingerprint density at radius 3 is 2.54 bits per heavy atom. The summed E-state index contributed by atoms with van der Waals surface area (Å²) in [6, 6.07) is 17.4. The molecule has 0 spiro atoms. The average Bonchev–Trinajstić information content (AvgIpc) is 3.14. The molecule has 0 N–H and O–H groups in total. The van der Waals surface area contributed by atoms with Crippen molar-refractivity contribution in [3.8, 4) is 23.1 Å². The van der Waals surface area contributed by atoms with Crippen LogP contribution >= 0.6 is 11.3 Å². The molecule has 0 saturated carbocycles. The van der Waals surface area contributed by atoms with Gasteiger partial charge >= 0.3 is 0 Å². The predicted molar refractivity (Wildman–Crippen MR) is 114 cm³/mol. The van der Waals surface area contributed by atoms with Gasteiger partial charge in [0.1, 0.15) is 5.75 Å². The minimum absolute atomic E-state index is 0.522. The van der Waals surface area contributed by atoms with Crippen LogP contribution in [0.3, 0.4) is 0 Å². The lowest BCUT2D eigenvalue weighted by Crippen LogP contribution is -2.14. The Balaban J connectivity index is 2.09. The van der Waals surface area contributed by atoms with Crippen molar-refractivity contribution < 1.29 is 4.74 Å². The van der Waals surface area contributed by atoms with Gasteiger partial charge in [-0.2, -0.15) is 10.4 Å². The number of ether oxygens (including phenoxy) is 1. The first-order valence-electron chi connectivity index (χ1n) is 8.68. The van der Waals surface area contributed by atoms with Crippen LogP contribution in [0.15, 0.2) is 76.7 Å². The van der Waals surface area contributed by atoms with Crippen molar-refractivity contribution in [2.24, 2.45) is 10.1 Å². The van der Waals surface area contributed by atoms with Crippen LogP contribution in [0.1, 0.15) is 18.1 Å². The van der Waals surface area contributed by atoms with E-state index in [1.807, 2.05) is 53.4 Å². The fraction of sp³-hybridized carbons (Fsp3) is 0.136. The minimum Gasteiger partial charge on any atom is -0.497 e. The van der Waals surface area contributed by atoms with Crippen molar-refractivity contribution in [3.63, 3.8) is 0 Å². The number of hydrogen-bond acceptors (Lipinski definition) is 5. The smallest absolute Gasteiger partial charge is 0.206 e. The number of hydrogen-bond donors (Lipinski definition) is 0. The van der Waals surface area contributed by atoms with E-state index in [0.29, 0.717) is 12.1 Å². The van der Waals surface area contributed by atoms with Crippen LogP contribution in [0, 0.1) is 11.3 Å². The van der Waals surface area contributed by atoms with Gasteiger partial charge in [0.2, 0.25) is 4.80 Å². The van der Waals surface area contributed by atoms with Crippen LogP contribution in [0.5, 0.6) is 5.75 Å². The molecule has 28 heavy (non-hydrogen) atoms. The highest BCUT2D eigenvalue weighted by Crippen LogP contribution is 2.23. The monoisotopic (exact) mass is 388 g/mol. The number of rotatable bonds is 6. The molecule has 3 rings (SSSR count). The lowest BCUT2D eigenvalue weighted by atomic mass is 10.1. The summed E-state index contributed by atoms with van der Waals surface area (Å²) in [6.07, 6.45) is 1.76. The van der Waals surface area contributed by atoms with E-state index in [0.717, 1.165) is 33.1 Å². The summed E-state index contributed by atoms with van der Waals surface area (Å²) < 4.78 is 7.10. The first-order valence-corrected chi connectivity index (χ1v) is 9.56. The van der Waals surface area contributed by atoms with Gasteiger partial charge in [0.15, 0.2) is 0 Å². The highest BCUT2D eigenvalue weighted by atomic mass is 32.1. The second-order valence-corrected chi connectivity index (χ2v) is 6.78. The maximum absolute atomic E-state index is 8.98. The number of nitriles is 1. The second kappa shape index (κ2) is 8.98. The molecule has 0 radical (unpaired) electrons. The predicted octanol–water partition coefficient (Wildman–Crippen LogP) is 4.46. The van der Waals surface area contributed by atoms with Gasteiger partial charge < -0.3 is 4.74 Å². The highest BCUT2D eigenvalue weighted by Gasteiger charge is 2.09. The highest BCUT2D eigenvalue weighted by molar-refractivity contribution is 7.07. The van der Waals surface area contributed by atoms with Crippen molar-refractivity contribution in [3.05, 3.63) is 82.5 Å². The minimum atomic E-state index is 0.522. The average molecular weight is 388 g/mol. The summed E-state index contributed by atoms with van der Waals surface area (Å²) in [5, 5.41) is 15.8. The number of thiazole rings is 1. The maximum Gasteiger partial charge on any atom is 0.206 e. The van der Waals surface area contributed by atoms with Crippen LogP contribution in [-0.2, 0) is 0 Å². The fourth-order valence-electron chi connectivity index (χ4n) is 2.60. The third kappa shape index (κ3) is 4.27. The topological polar surface area (TPSA) is 62.7 Å². The van der Waals surface area contributed by atoms with Gasteiger partial charge in [-0.3, -0.25) is 4.99 Å². The molecule has 1 aromatic heterocycles. The Hall–Kier alpha value is -3.43. The van der Waals surface area contributed by atoms with Gasteiger partial charge in [-0.15, -0.1) is 17.9 Å². The SMILES string of the molecule is C=CCN=c1scc(-c2ccc(OC)cc2)n1N=C(C)c1ccc(C#N)cc1. The van der Waals surface area contributed by atoms with Gasteiger partial charge in [-0.1, -0.05) is 18.2 Å². The summed E-state index contributed by atoms with van der Waals surface area (Å²) in [4.78, 5) is 5.36. The molecule has 0 saturated heterocycles. The van der Waals surface area contributed by atoms with Gasteiger partial charge in [-0.25, -0.2) is 4.68 Å². The number of aromatic nitrogens is 1. The van der Waals surface area contributed by atoms with Crippen LogP contribution in [0.2, 0.25) is 0 Å². The molecule has 0 aliphatic carbocycles. The molecular weight excluding hydrogens is 368 g/mol. The van der Waals surface area contributed by atoms with Gasteiger partial charge in [0.05, 0.1) is 36.7 Å². The van der Waals surface area contributed by atoms with E-state index in [9.17, 15) is 0 Å². The molecule has 6 heteroatoms. The van der Waals surface area contributed by atoms with Crippen LogP contribution in [-0.4, -0.2) is 24.0 Å². The molecule has 3 aromatic rings. The quantitative estimate of drug-likeness (QED) is 0.462. The van der Waals surface area contributed by atoms with Crippen LogP contribution in [0.4, 0.5) is 0 Å². The maximum atomic E-state index is 8.98. The van der Waals surface area contributed by atoms with E-state index >= 15 is 0 Å². The van der Waals surface area contributed by atoms with Crippen molar-refractivity contribution in [1.82, 2.24) is 4.68 Å². The zero-order valence-electron chi connectivity index (χ0n) is 15.8. The first kappa shape index (κ1) is 19.3. The summed E-state index contributed by atoms with van der Waals surface area (Å²) in [6.45, 7) is 6.21. The zero-order valence-corrected chi connectivity index (χ0v) is 16.6. The van der Waals surface area contributed by atoms with Crippen LogP contribution < -0.4 is 9.54 Å². The Morgan fingerprint density at radius 1 is 1.21 bits per heavy atom. The van der Waals surface area contributed by atoms with Gasteiger partial charge in [-0.05, 0) is 48.9 Å². The first-order chi connectivity index (χ1) is 13.7. The number of nitrogens with zero attached hydrogens (tertiary/aromatic N) is 4. The Kier molecular flexibility index (Phi) is 6.20. The lowest BCUT2D eigenvalue weighted by Gasteiger charge is -2.07. The molecule has 140 valence electrons.